The van der Waals surface area contributed by atoms with Crippen LogP contribution in [-0.4, -0.2) is 30.8 Å². The maximum Gasteiger partial charge on any atom is 0.129 e. The lowest BCUT2D eigenvalue weighted by Gasteiger charge is -2.35. The summed E-state index contributed by atoms with van der Waals surface area (Å²) in [4.78, 5) is 2.28. The highest BCUT2D eigenvalue weighted by molar-refractivity contribution is 5.54. The molecule has 0 radical (unpaired) electrons. The number of halogens is 1. The first-order valence-corrected chi connectivity index (χ1v) is 7.98. The van der Waals surface area contributed by atoms with E-state index in [0.717, 1.165) is 43.6 Å². The summed E-state index contributed by atoms with van der Waals surface area (Å²) in [5, 5.41) is 12.4. The first-order chi connectivity index (χ1) is 10.1. The number of piperidine rings is 1. The zero-order valence-corrected chi connectivity index (χ0v) is 13.1. The van der Waals surface area contributed by atoms with Gasteiger partial charge in [0.1, 0.15) is 5.82 Å². The van der Waals surface area contributed by atoms with Gasteiger partial charge in [0.05, 0.1) is 0 Å². The van der Waals surface area contributed by atoms with Crippen LogP contribution in [0.25, 0.3) is 0 Å². The van der Waals surface area contributed by atoms with Gasteiger partial charge in [0.25, 0.3) is 0 Å². The number of aliphatic hydroxyl groups excluding tert-OH is 1. The highest BCUT2D eigenvalue weighted by atomic mass is 19.1. The zero-order chi connectivity index (χ0) is 15.2. The van der Waals surface area contributed by atoms with E-state index < -0.39 is 0 Å². The van der Waals surface area contributed by atoms with Gasteiger partial charge in [0.15, 0.2) is 0 Å². The minimum absolute atomic E-state index is 0.134. The Kier molecular flexibility index (Phi) is 6.00. The number of hydrogen-bond donors (Lipinski definition) is 2. The average molecular weight is 294 g/mol. The van der Waals surface area contributed by atoms with E-state index in [1.165, 1.54) is 6.07 Å². The van der Waals surface area contributed by atoms with Crippen molar-refractivity contribution in [2.75, 3.05) is 24.6 Å². The van der Waals surface area contributed by atoms with Gasteiger partial charge in [-0.2, -0.15) is 0 Å². The van der Waals surface area contributed by atoms with Crippen LogP contribution in [0.1, 0.15) is 38.7 Å². The molecule has 1 aromatic carbocycles. The Labute approximate surface area is 127 Å². The molecule has 118 valence electrons. The second-order valence-corrected chi connectivity index (χ2v) is 6.24. The summed E-state index contributed by atoms with van der Waals surface area (Å²) in [5.41, 5.74) is 1.77. The first kappa shape index (κ1) is 16.2. The van der Waals surface area contributed by atoms with Gasteiger partial charge in [-0.25, -0.2) is 4.39 Å². The molecular weight excluding hydrogens is 267 g/mol. The van der Waals surface area contributed by atoms with Crippen LogP contribution in [0.4, 0.5) is 10.1 Å². The Morgan fingerprint density at radius 1 is 1.43 bits per heavy atom. The molecule has 1 heterocycles. The Hall–Kier alpha value is -1.13. The van der Waals surface area contributed by atoms with Gasteiger partial charge in [0.2, 0.25) is 0 Å². The Morgan fingerprint density at radius 2 is 2.24 bits per heavy atom. The van der Waals surface area contributed by atoms with Gasteiger partial charge in [-0.1, -0.05) is 19.9 Å². The molecule has 2 rings (SSSR count). The van der Waals surface area contributed by atoms with Crippen LogP contribution in [0.3, 0.4) is 0 Å². The van der Waals surface area contributed by atoms with Crippen LogP contribution >= 0.6 is 0 Å². The number of nitrogens with one attached hydrogen (secondary N) is 1. The van der Waals surface area contributed by atoms with Crippen molar-refractivity contribution < 1.29 is 9.50 Å². The van der Waals surface area contributed by atoms with Crippen molar-refractivity contribution in [3.8, 4) is 0 Å². The quantitative estimate of drug-likeness (QED) is 0.847. The zero-order valence-electron chi connectivity index (χ0n) is 13.1. The Balaban J connectivity index is 2.15. The fraction of sp³-hybridized carbons (Fsp3) is 0.647. The molecule has 1 atom stereocenters. The largest absolute Gasteiger partial charge is 0.396 e. The molecule has 4 heteroatoms. The molecule has 0 aliphatic carbocycles. The van der Waals surface area contributed by atoms with Crippen LogP contribution < -0.4 is 10.2 Å². The number of anilines is 1. The van der Waals surface area contributed by atoms with Crippen molar-refractivity contribution >= 4 is 5.69 Å². The van der Waals surface area contributed by atoms with E-state index in [2.05, 4.69) is 24.1 Å². The smallest absolute Gasteiger partial charge is 0.129 e. The summed E-state index contributed by atoms with van der Waals surface area (Å²) in [6.45, 7) is 6.82. The fourth-order valence-electron chi connectivity index (χ4n) is 3.03. The maximum absolute atomic E-state index is 14.2. The number of nitrogens with zero attached hydrogens (tertiary/aromatic N) is 1. The SMILES string of the molecule is CC(C)NCc1c(F)cccc1N1CCCC(CCO)C1. The number of hydrogen-bond acceptors (Lipinski definition) is 3. The monoisotopic (exact) mass is 294 g/mol. The molecule has 0 saturated carbocycles. The standard InChI is InChI=1S/C17H27FN2O/c1-13(2)19-11-15-16(18)6-3-7-17(15)20-9-4-5-14(12-20)8-10-21/h3,6-7,13-14,19,21H,4-5,8-12H2,1-2H3. The van der Waals surface area contributed by atoms with E-state index >= 15 is 0 Å². The van der Waals surface area contributed by atoms with Gasteiger partial charge >= 0.3 is 0 Å². The molecule has 1 aliphatic rings. The third-order valence-electron chi connectivity index (χ3n) is 4.18. The van der Waals surface area contributed by atoms with Crippen molar-refractivity contribution in [1.29, 1.82) is 0 Å². The van der Waals surface area contributed by atoms with Crippen molar-refractivity contribution in [1.82, 2.24) is 5.32 Å². The summed E-state index contributed by atoms with van der Waals surface area (Å²) >= 11 is 0. The highest BCUT2D eigenvalue weighted by Gasteiger charge is 2.22. The molecule has 1 unspecified atom stereocenters. The summed E-state index contributed by atoms with van der Waals surface area (Å²) in [6, 6.07) is 5.68. The minimum Gasteiger partial charge on any atom is -0.396 e. The highest BCUT2D eigenvalue weighted by Crippen LogP contribution is 2.29. The first-order valence-electron chi connectivity index (χ1n) is 7.98. The molecule has 2 N–H and O–H groups in total. The van der Waals surface area contributed by atoms with Crippen LogP contribution in [0, 0.1) is 11.7 Å². The molecular formula is C17H27FN2O. The maximum atomic E-state index is 14.2. The van der Waals surface area contributed by atoms with Crippen molar-refractivity contribution in [2.24, 2.45) is 5.92 Å². The van der Waals surface area contributed by atoms with Gasteiger partial charge in [-0.15, -0.1) is 0 Å². The lowest BCUT2D eigenvalue weighted by Crippen LogP contribution is -2.37. The molecule has 3 nitrogen and oxygen atoms in total. The molecule has 0 bridgehead atoms. The number of rotatable bonds is 6. The Morgan fingerprint density at radius 3 is 2.95 bits per heavy atom. The molecule has 1 aromatic rings. The van der Waals surface area contributed by atoms with Crippen LogP contribution in [0.15, 0.2) is 18.2 Å². The summed E-state index contributed by atoms with van der Waals surface area (Å²) < 4.78 is 14.2. The van der Waals surface area contributed by atoms with Gasteiger partial charge in [0, 0.05) is 43.5 Å². The minimum atomic E-state index is -0.134. The lowest BCUT2D eigenvalue weighted by molar-refractivity contribution is 0.244. The average Bonchev–Trinajstić information content (AvgIpc) is 2.46. The van der Waals surface area contributed by atoms with Gasteiger partial charge in [-0.3, -0.25) is 0 Å². The summed E-state index contributed by atoms with van der Waals surface area (Å²) in [5.74, 6) is 0.378. The third-order valence-corrected chi connectivity index (χ3v) is 4.18. The van der Waals surface area contributed by atoms with E-state index in [-0.39, 0.29) is 12.4 Å². The molecule has 1 aliphatic heterocycles. The molecule has 0 spiro atoms. The van der Waals surface area contributed by atoms with E-state index in [0.29, 0.717) is 18.5 Å². The van der Waals surface area contributed by atoms with Crippen LogP contribution in [0.5, 0.6) is 0 Å². The molecule has 21 heavy (non-hydrogen) atoms. The topological polar surface area (TPSA) is 35.5 Å². The van der Waals surface area contributed by atoms with E-state index in [4.69, 9.17) is 5.11 Å². The van der Waals surface area contributed by atoms with E-state index in [1.54, 1.807) is 6.07 Å². The van der Waals surface area contributed by atoms with Crippen LogP contribution in [0.2, 0.25) is 0 Å². The molecule has 0 aromatic heterocycles. The molecule has 1 saturated heterocycles. The lowest BCUT2D eigenvalue weighted by atomic mass is 9.94. The third kappa shape index (κ3) is 4.42. The second kappa shape index (κ2) is 7.76. The van der Waals surface area contributed by atoms with Crippen molar-refractivity contribution in [3.05, 3.63) is 29.6 Å². The van der Waals surface area contributed by atoms with Gasteiger partial charge in [-0.05, 0) is 37.3 Å². The van der Waals surface area contributed by atoms with Gasteiger partial charge < -0.3 is 15.3 Å². The summed E-state index contributed by atoms with van der Waals surface area (Å²) in [6.07, 6.45) is 3.11. The predicted octanol–water partition coefficient (Wildman–Crippen LogP) is 2.92. The van der Waals surface area contributed by atoms with E-state index in [1.807, 2.05) is 6.07 Å². The van der Waals surface area contributed by atoms with Crippen LogP contribution in [-0.2, 0) is 6.54 Å². The molecule has 1 fully saturated rings. The molecule has 0 amide bonds. The fourth-order valence-corrected chi connectivity index (χ4v) is 3.03. The second-order valence-electron chi connectivity index (χ2n) is 6.24. The number of benzene rings is 1. The number of aliphatic hydroxyl groups is 1. The van der Waals surface area contributed by atoms with E-state index in [9.17, 15) is 4.39 Å². The van der Waals surface area contributed by atoms with Crippen molar-refractivity contribution in [3.63, 3.8) is 0 Å². The Bertz CT molecular complexity index is 448. The normalized spacial score (nSPS) is 19.3. The van der Waals surface area contributed by atoms with Crippen molar-refractivity contribution in [2.45, 2.75) is 45.7 Å². The summed E-state index contributed by atoms with van der Waals surface area (Å²) in [7, 11) is 0. The predicted molar refractivity (Wildman–Crippen MR) is 85.0 cm³/mol.